The molecule has 2 aromatic carbocycles. The minimum Gasteiger partial charge on any atom is -0.454 e. The van der Waals surface area contributed by atoms with Crippen molar-refractivity contribution >= 4 is 43.9 Å². The second-order valence-corrected chi connectivity index (χ2v) is 5.15. The standard InChI is InChI=1S/C18H10N2O/c1-2-6-14-13(5-1)18-15(21-14)10-12-8-7-11-4-3-9-19-16(11)17(12)20-18/h1-10H. The summed E-state index contributed by atoms with van der Waals surface area (Å²) in [5.74, 6) is 0. The lowest BCUT2D eigenvalue weighted by atomic mass is 10.1. The van der Waals surface area contributed by atoms with Crippen LogP contribution in [0.1, 0.15) is 0 Å². The molecule has 0 spiro atoms. The van der Waals surface area contributed by atoms with E-state index in [1.54, 1.807) is 6.20 Å². The predicted molar refractivity (Wildman–Crippen MR) is 84.3 cm³/mol. The smallest absolute Gasteiger partial charge is 0.154 e. The third-order valence-electron chi connectivity index (χ3n) is 3.88. The topological polar surface area (TPSA) is 38.9 Å². The van der Waals surface area contributed by atoms with E-state index in [1.807, 2.05) is 36.4 Å². The lowest BCUT2D eigenvalue weighted by molar-refractivity contribution is 0.669. The number of pyridine rings is 2. The van der Waals surface area contributed by atoms with E-state index in [-0.39, 0.29) is 0 Å². The Morgan fingerprint density at radius 2 is 1.62 bits per heavy atom. The molecule has 0 bridgehead atoms. The van der Waals surface area contributed by atoms with Crippen molar-refractivity contribution in [2.24, 2.45) is 0 Å². The first-order chi connectivity index (χ1) is 10.4. The first kappa shape index (κ1) is 10.8. The van der Waals surface area contributed by atoms with Crippen molar-refractivity contribution in [3.63, 3.8) is 0 Å². The van der Waals surface area contributed by atoms with E-state index in [9.17, 15) is 0 Å². The SMILES string of the molecule is c1cnc2c(c1)ccc1cc3oc4ccccc4c3nc12. The molecule has 0 N–H and O–H groups in total. The lowest BCUT2D eigenvalue weighted by Crippen LogP contribution is -1.85. The van der Waals surface area contributed by atoms with E-state index in [4.69, 9.17) is 9.40 Å². The van der Waals surface area contributed by atoms with Gasteiger partial charge in [0.05, 0.1) is 11.0 Å². The number of hydrogen-bond acceptors (Lipinski definition) is 3. The molecule has 0 aliphatic carbocycles. The molecular weight excluding hydrogens is 260 g/mol. The van der Waals surface area contributed by atoms with Crippen LogP contribution in [0, 0.1) is 0 Å². The molecule has 3 nitrogen and oxygen atoms in total. The predicted octanol–water partition coefficient (Wildman–Crippen LogP) is 4.68. The van der Waals surface area contributed by atoms with Crippen LogP contribution in [0.25, 0.3) is 43.9 Å². The Morgan fingerprint density at radius 3 is 2.62 bits per heavy atom. The fraction of sp³-hybridized carbons (Fsp3) is 0. The van der Waals surface area contributed by atoms with Crippen LogP contribution in [-0.2, 0) is 0 Å². The molecular formula is C18H10N2O. The van der Waals surface area contributed by atoms with E-state index in [2.05, 4.69) is 23.2 Å². The minimum absolute atomic E-state index is 0.819. The molecule has 3 heteroatoms. The Labute approximate surface area is 119 Å². The molecule has 0 saturated heterocycles. The molecule has 3 aromatic heterocycles. The Bertz CT molecular complexity index is 1140. The van der Waals surface area contributed by atoms with Gasteiger partial charge in [-0.05, 0) is 24.3 Å². The van der Waals surface area contributed by atoms with Crippen LogP contribution in [0.4, 0.5) is 0 Å². The van der Waals surface area contributed by atoms with Crippen LogP contribution in [0.5, 0.6) is 0 Å². The van der Waals surface area contributed by atoms with Crippen LogP contribution in [-0.4, -0.2) is 9.97 Å². The molecule has 0 fully saturated rings. The van der Waals surface area contributed by atoms with Gasteiger partial charge in [0.15, 0.2) is 5.58 Å². The average molecular weight is 270 g/mol. The fourth-order valence-electron chi connectivity index (χ4n) is 2.90. The van der Waals surface area contributed by atoms with E-state index < -0.39 is 0 Å². The number of nitrogens with zero attached hydrogens (tertiary/aromatic N) is 2. The normalized spacial score (nSPS) is 11.8. The zero-order valence-electron chi connectivity index (χ0n) is 11.1. The maximum Gasteiger partial charge on any atom is 0.154 e. The van der Waals surface area contributed by atoms with Crippen LogP contribution in [0.3, 0.4) is 0 Å². The first-order valence-electron chi connectivity index (χ1n) is 6.86. The third kappa shape index (κ3) is 1.43. The van der Waals surface area contributed by atoms with Crippen LogP contribution in [0.2, 0.25) is 0 Å². The Balaban J connectivity index is 2.06. The van der Waals surface area contributed by atoms with E-state index >= 15 is 0 Å². The number of fused-ring (bicyclic) bond motifs is 6. The molecule has 0 radical (unpaired) electrons. The van der Waals surface area contributed by atoms with Crippen LogP contribution >= 0.6 is 0 Å². The highest BCUT2D eigenvalue weighted by Crippen LogP contribution is 2.31. The van der Waals surface area contributed by atoms with Crippen molar-refractivity contribution in [2.45, 2.75) is 0 Å². The van der Waals surface area contributed by atoms with Gasteiger partial charge in [-0.2, -0.15) is 0 Å². The highest BCUT2D eigenvalue weighted by atomic mass is 16.3. The van der Waals surface area contributed by atoms with E-state index in [0.29, 0.717) is 0 Å². The lowest BCUT2D eigenvalue weighted by Gasteiger charge is -2.02. The molecule has 0 amide bonds. The summed E-state index contributed by atoms with van der Waals surface area (Å²) in [6, 6.07) is 18.2. The van der Waals surface area contributed by atoms with Gasteiger partial charge < -0.3 is 4.42 Å². The Morgan fingerprint density at radius 1 is 0.714 bits per heavy atom. The Kier molecular flexibility index (Phi) is 1.95. The van der Waals surface area contributed by atoms with Crippen molar-refractivity contribution in [2.75, 3.05) is 0 Å². The minimum atomic E-state index is 0.819. The van der Waals surface area contributed by atoms with Crippen molar-refractivity contribution in [1.82, 2.24) is 9.97 Å². The monoisotopic (exact) mass is 270 g/mol. The molecule has 21 heavy (non-hydrogen) atoms. The zero-order chi connectivity index (χ0) is 13.8. The first-order valence-corrected chi connectivity index (χ1v) is 6.86. The summed E-state index contributed by atoms with van der Waals surface area (Å²) in [6.45, 7) is 0. The summed E-state index contributed by atoms with van der Waals surface area (Å²) >= 11 is 0. The van der Waals surface area contributed by atoms with Crippen molar-refractivity contribution < 1.29 is 4.42 Å². The molecule has 5 aromatic rings. The summed E-state index contributed by atoms with van der Waals surface area (Å²) < 4.78 is 5.89. The van der Waals surface area contributed by atoms with Crippen molar-refractivity contribution in [3.8, 4) is 0 Å². The maximum atomic E-state index is 5.89. The van der Waals surface area contributed by atoms with Gasteiger partial charge in [-0.15, -0.1) is 0 Å². The molecule has 0 unspecified atom stereocenters. The molecule has 0 aliphatic heterocycles. The molecule has 5 rings (SSSR count). The summed E-state index contributed by atoms with van der Waals surface area (Å²) in [5, 5.41) is 3.19. The van der Waals surface area contributed by atoms with Crippen LogP contribution < -0.4 is 0 Å². The summed E-state index contributed by atoms with van der Waals surface area (Å²) in [5.41, 5.74) is 4.44. The summed E-state index contributed by atoms with van der Waals surface area (Å²) in [4.78, 5) is 9.33. The van der Waals surface area contributed by atoms with Gasteiger partial charge in [-0.25, -0.2) is 4.98 Å². The number of benzene rings is 2. The highest BCUT2D eigenvalue weighted by Gasteiger charge is 2.11. The highest BCUT2D eigenvalue weighted by molar-refractivity contribution is 6.10. The van der Waals surface area contributed by atoms with Crippen molar-refractivity contribution in [1.29, 1.82) is 0 Å². The number of para-hydroxylation sites is 1. The number of furan rings is 1. The molecule has 0 aliphatic rings. The van der Waals surface area contributed by atoms with Crippen LogP contribution in [0.15, 0.2) is 65.2 Å². The average Bonchev–Trinajstić information content (AvgIpc) is 2.90. The van der Waals surface area contributed by atoms with Gasteiger partial charge in [0.2, 0.25) is 0 Å². The number of aromatic nitrogens is 2. The number of hydrogen-bond donors (Lipinski definition) is 0. The summed E-state index contributed by atoms with van der Waals surface area (Å²) in [7, 11) is 0. The van der Waals surface area contributed by atoms with E-state index in [0.717, 1.165) is 43.9 Å². The zero-order valence-corrected chi connectivity index (χ0v) is 11.1. The van der Waals surface area contributed by atoms with Crippen molar-refractivity contribution in [3.05, 3.63) is 60.8 Å². The van der Waals surface area contributed by atoms with Gasteiger partial charge in [-0.3, -0.25) is 4.98 Å². The second kappa shape index (κ2) is 3.79. The van der Waals surface area contributed by atoms with E-state index in [1.165, 1.54) is 0 Å². The second-order valence-electron chi connectivity index (χ2n) is 5.15. The quantitative estimate of drug-likeness (QED) is 0.383. The van der Waals surface area contributed by atoms with Gasteiger partial charge in [-0.1, -0.05) is 30.3 Å². The molecule has 98 valence electrons. The molecule has 0 atom stereocenters. The van der Waals surface area contributed by atoms with Gasteiger partial charge in [0.1, 0.15) is 11.1 Å². The summed E-state index contributed by atoms with van der Waals surface area (Å²) in [6.07, 6.45) is 1.81. The van der Waals surface area contributed by atoms with Gasteiger partial charge in [0, 0.05) is 22.4 Å². The fourth-order valence-corrected chi connectivity index (χ4v) is 2.90. The Hall–Kier alpha value is -2.94. The largest absolute Gasteiger partial charge is 0.454 e. The molecule has 0 saturated carbocycles. The third-order valence-corrected chi connectivity index (χ3v) is 3.88. The maximum absolute atomic E-state index is 5.89. The van der Waals surface area contributed by atoms with Gasteiger partial charge in [0.25, 0.3) is 0 Å². The number of rotatable bonds is 0. The van der Waals surface area contributed by atoms with Gasteiger partial charge >= 0.3 is 0 Å². The molecule has 3 heterocycles.